The summed E-state index contributed by atoms with van der Waals surface area (Å²) in [6.07, 6.45) is 1.43. The number of aromatic nitrogens is 1. The second kappa shape index (κ2) is 5.71. The van der Waals surface area contributed by atoms with Crippen LogP contribution in [0, 0.1) is 15.3 Å². The molecule has 0 fully saturated rings. The number of rotatable bonds is 4. The Kier molecular flexibility index (Phi) is 4.01. The molecule has 0 spiro atoms. The predicted molar refractivity (Wildman–Crippen MR) is 72.8 cm³/mol. The van der Waals surface area contributed by atoms with Crippen molar-refractivity contribution in [2.45, 2.75) is 17.2 Å². The zero-order chi connectivity index (χ0) is 13.8. The van der Waals surface area contributed by atoms with Gasteiger partial charge in [-0.05, 0) is 30.3 Å². The van der Waals surface area contributed by atoms with Gasteiger partial charge in [-0.3, -0.25) is 10.1 Å². The Hall–Kier alpha value is -2.08. The summed E-state index contributed by atoms with van der Waals surface area (Å²) >= 11 is 1.37. The lowest BCUT2D eigenvalue weighted by Gasteiger charge is -2.10. The van der Waals surface area contributed by atoms with Crippen molar-refractivity contribution < 1.29 is 9.65 Å². The van der Waals surface area contributed by atoms with Gasteiger partial charge in [-0.25, -0.2) is 0 Å². The Labute approximate surface area is 114 Å². The number of thioether (sulfide) groups is 1. The SMILES string of the molecule is C[C@@H](Sc1cccc[n+]1[O-])c1cccc([N+](=O)[O-])c1. The van der Waals surface area contributed by atoms with Crippen LogP contribution in [0.25, 0.3) is 0 Å². The highest BCUT2D eigenvalue weighted by molar-refractivity contribution is 7.99. The molecule has 1 heterocycles. The number of non-ortho nitro benzene ring substituents is 1. The fourth-order valence-corrected chi connectivity index (χ4v) is 2.61. The Morgan fingerprint density at radius 2 is 2.05 bits per heavy atom. The second-order valence-corrected chi connectivity index (χ2v) is 5.34. The van der Waals surface area contributed by atoms with E-state index < -0.39 is 4.92 Å². The molecule has 0 unspecified atom stereocenters. The van der Waals surface area contributed by atoms with Crippen LogP contribution < -0.4 is 4.73 Å². The molecule has 6 heteroatoms. The second-order valence-electron chi connectivity index (χ2n) is 3.98. The predicted octanol–water partition coefficient (Wildman–Crippen LogP) is 3.08. The van der Waals surface area contributed by atoms with E-state index in [1.54, 1.807) is 24.3 Å². The van der Waals surface area contributed by atoms with Gasteiger partial charge in [0.05, 0.1) is 4.92 Å². The third-order valence-electron chi connectivity index (χ3n) is 2.64. The van der Waals surface area contributed by atoms with Crippen molar-refractivity contribution in [3.8, 4) is 0 Å². The van der Waals surface area contributed by atoms with Gasteiger partial charge in [0.25, 0.3) is 10.7 Å². The van der Waals surface area contributed by atoms with E-state index in [-0.39, 0.29) is 10.9 Å². The van der Waals surface area contributed by atoms with E-state index in [0.717, 1.165) is 10.3 Å². The highest BCUT2D eigenvalue weighted by Crippen LogP contribution is 2.33. The summed E-state index contributed by atoms with van der Waals surface area (Å²) in [6, 6.07) is 11.6. The number of hydrogen-bond acceptors (Lipinski definition) is 4. The maximum atomic E-state index is 11.5. The van der Waals surface area contributed by atoms with Crippen molar-refractivity contribution in [1.29, 1.82) is 0 Å². The van der Waals surface area contributed by atoms with E-state index in [2.05, 4.69) is 0 Å². The van der Waals surface area contributed by atoms with E-state index in [4.69, 9.17) is 0 Å². The first-order valence-corrected chi connectivity index (χ1v) is 6.55. The first-order valence-electron chi connectivity index (χ1n) is 5.67. The fourth-order valence-electron chi connectivity index (χ4n) is 1.64. The maximum absolute atomic E-state index is 11.5. The summed E-state index contributed by atoms with van der Waals surface area (Å²) in [5, 5.41) is 22.8. The average Bonchev–Trinajstić information content (AvgIpc) is 2.41. The number of pyridine rings is 1. The number of benzene rings is 1. The molecule has 0 aliphatic heterocycles. The van der Waals surface area contributed by atoms with Crippen molar-refractivity contribution in [2.24, 2.45) is 0 Å². The lowest BCUT2D eigenvalue weighted by Crippen LogP contribution is -2.27. The van der Waals surface area contributed by atoms with Gasteiger partial charge in [-0.2, -0.15) is 4.73 Å². The van der Waals surface area contributed by atoms with Gasteiger partial charge in [-0.1, -0.05) is 12.1 Å². The van der Waals surface area contributed by atoms with Crippen molar-refractivity contribution in [3.63, 3.8) is 0 Å². The Morgan fingerprint density at radius 1 is 1.26 bits per heavy atom. The van der Waals surface area contributed by atoms with Crippen LogP contribution in [0.5, 0.6) is 0 Å². The monoisotopic (exact) mass is 276 g/mol. The van der Waals surface area contributed by atoms with Crippen LogP contribution in [-0.4, -0.2) is 4.92 Å². The van der Waals surface area contributed by atoms with Crippen LogP contribution in [0.4, 0.5) is 5.69 Å². The Morgan fingerprint density at radius 3 is 2.74 bits per heavy atom. The largest absolute Gasteiger partial charge is 0.618 e. The minimum Gasteiger partial charge on any atom is -0.618 e. The summed E-state index contributed by atoms with van der Waals surface area (Å²) in [5.74, 6) is 0. The van der Waals surface area contributed by atoms with Crippen LogP contribution in [0.1, 0.15) is 17.7 Å². The quantitative estimate of drug-likeness (QED) is 0.283. The van der Waals surface area contributed by atoms with Crippen LogP contribution in [0.15, 0.2) is 53.7 Å². The molecule has 98 valence electrons. The van der Waals surface area contributed by atoms with Crippen LogP contribution in [-0.2, 0) is 0 Å². The van der Waals surface area contributed by atoms with Crippen molar-refractivity contribution >= 4 is 17.4 Å². The molecule has 2 rings (SSSR count). The van der Waals surface area contributed by atoms with Crippen LogP contribution in [0.3, 0.4) is 0 Å². The highest BCUT2D eigenvalue weighted by Gasteiger charge is 2.15. The van der Waals surface area contributed by atoms with Gasteiger partial charge >= 0.3 is 0 Å². The number of nitro groups is 1. The van der Waals surface area contributed by atoms with E-state index in [1.165, 1.54) is 30.1 Å². The van der Waals surface area contributed by atoms with Gasteiger partial charge in [0.1, 0.15) is 0 Å². The molecule has 0 saturated carbocycles. The summed E-state index contributed by atoms with van der Waals surface area (Å²) in [7, 11) is 0. The maximum Gasteiger partial charge on any atom is 0.269 e. The lowest BCUT2D eigenvalue weighted by molar-refractivity contribution is -0.645. The molecule has 0 amide bonds. The minimum absolute atomic E-state index is 0.0394. The normalized spacial score (nSPS) is 12.1. The number of hydrogen-bond donors (Lipinski definition) is 0. The first-order chi connectivity index (χ1) is 9.08. The zero-order valence-corrected chi connectivity index (χ0v) is 11.0. The van der Waals surface area contributed by atoms with Crippen LogP contribution >= 0.6 is 11.8 Å². The van der Waals surface area contributed by atoms with Gasteiger partial charge in [0.15, 0.2) is 6.20 Å². The molecule has 19 heavy (non-hydrogen) atoms. The molecule has 2 aromatic rings. The van der Waals surface area contributed by atoms with Crippen molar-refractivity contribution in [3.05, 3.63) is 69.5 Å². The molecule has 0 aliphatic carbocycles. The molecule has 0 bridgehead atoms. The molecular weight excluding hydrogens is 264 g/mol. The van der Waals surface area contributed by atoms with Gasteiger partial charge in [0, 0.05) is 29.5 Å². The highest BCUT2D eigenvalue weighted by atomic mass is 32.2. The fraction of sp³-hybridized carbons (Fsp3) is 0.154. The van der Waals surface area contributed by atoms with Gasteiger partial charge in [0.2, 0.25) is 0 Å². The number of nitrogens with zero attached hydrogens (tertiary/aromatic N) is 2. The van der Waals surface area contributed by atoms with Gasteiger partial charge in [-0.15, -0.1) is 0 Å². The third kappa shape index (κ3) is 3.23. The van der Waals surface area contributed by atoms with Gasteiger partial charge < -0.3 is 5.21 Å². The smallest absolute Gasteiger partial charge is 0.269 e. The molecule has 1 aromatic carbocycles. The summed E-state index contributed by atoms with van der Waals surface area (Å²) in [4.78, 5) is 10.3. The number of nitro benzene ring substituents is 1. The standard InChI is InChI=1S/C13H12N2O3S/c1-10(19-13-7-2-3-8-14(13)16)11-5-4-6-12(9-11)15(17)18/h2-10H,1H3/t10-/m1/s1. The Balaban J connectivity index is 2.20. The first kappa shape index (κ1) is 13.4. The summed E-state index contributed by atoms with van der Waals surface area (Å²) in [6.45, 7) is 1.91. The van der Waals surface area contributed by atoms with E-state index >= 15 is 0 Å². The molecular formula is C13H12N2O3S. The zero-order valence-electron chi connectivity index (χ0n) is 10.2. The Bertz CT molecular complexity index is 604. The summed E-state index contributed by atoms with van der Waals surface area (Å²) < 4.78 is 0.790. The van der Waals surface area contributed by atoms with E-state index in [0.29, 0.717) is 5.03 Å². The topological polar surface area (TPSA) is 70.1 Å². The third-order valence-corrected chi connectivity index (χ3v) is 3.82. The molecule has 5 nitrogen and oxygen atoms in total. The van der Waals surface area contributed by atoms with Crippen molar-refractivity contribution in [2.75, 3.05) is 0 Å². The van der Waals surface area contributed by atoms with E-state index in [1.807, 2.05) is 13.0 Å². The molecule has 0 radical (unpaired) electrons. The molecule has 0 saturated heterocycles. The average molecular weight is 276 g/mol. The van der Waals surface area contributed by atoms with Crippen LogP contribution in [0.2, 0.25) is 0 Å². The molecule has 1 atom stereocenters. The molecule has 0 aliphatic rings. The lowest BCUT2D eigenvalue weighted by atomic mass is 10.1. The van der Waals surface area contributed by atoms with E-state index in [9.17, 15) is 15.3 Å². The van der Waals surface area contributed by atoms with Crippen molar-refractivity contribution in [1.82, 2.24) is 0 Å². The molecule has 0 N–H and O–H groups in total. The minimum atomic E-state index is -0.419. The summed E-state index contributed by atoms with van der Waals surface area (Å²) in [5.41, 5.74) is 0.885. The molecule has 1 aromatic heterocycles.